The zero-order valence-corrected chi connectivity index (χ0v) is 13.7. The summed E-state index contributed by atoms with van der Waals surface area (Å²) >= 11 is 6.20. The number of hydrogen-bond donors (Lipinski definition) is 0. The Balaban J connectivity index is 2.82. The van der Waals surface area contributed by atoms with Gasteiger partial charge in [0.1, 0.15) is 19.0 Å². The van der Waals surface area contributed by atoms with Crippen molar-refractivity contribution in [1.29, 1.82) is 0 Å². The minimum absolute atomic E-state index is 0.0992. The maximum Gasteiger partial charge on any atom is 0.306 e. The molecular formula is C16H23ClO4. The lowest BCUT2D eigenvalue weighted by atomic mass is 10.0. The van der Waals surface area contributed by atoms with Gasteiger partial charge in [0.2, 0.25) is 0 Å². The van der Waals surface area contributed by atoms with E-state index in [0.717, 1.165) is 5.56 Å². The molecule has 0 aliphatic heterocycles. The number of halogens is 1. The molecule has 21 heavy (non-hydrogen) atoms. The third-order valence-electron chi connectivity index (χ3n) is 2.90. The number of ether oxygens (including phenoxy) is 3. The van der Waals surface area contributed by atoms with E-state index in [1.807, 2.05) is 32.0 Å². The van der Waals surface area contributed by atoms with Crippen LogP contribution in [0.15, 0.2) is 24.3 Å². The minimum Gasteiger partial charge on any atom is -0.460 e. The number of carbonyl (C=O) groups excluding carboxylic acids is 1. The van der Waals surface area contributed by atoms with Gasteiger partial charge in [-0.25, -0.2) is 0 Å². The van der Waals surface area contributed by atoms with Gasteiger partial charge in [0, 0.05) is 24.1 Å². The summed E-state index contributed by atoms with van der Waals surface area (Å²) in [7, 11) is 1.54. The molecular weight excluding hydrogens is 292 g/mol. The fourth-order valence-corrected chi connectivity index (χ4v) is 2.22. The van der Waals surface area contributed by atoms with Crippen LogP contribution in [0, 0.1) is 5.92 Å². The van der Waals surface area contributed by atoms with E-state index >= 15 is 0 Å². The van der Waals surface area contributed by atoms with E-state index in [1.165, 1.54) is 0 Å². The molecule has 0 radical (unpaired) electrons. The van der Waals surface area contributed by atoms with E-state index < -0.39 is 12.2 Å². The number of hydrogen-bond acceptors (Lipinski definition) is 4. The van der Waals surface area contributed by atoms with Crippen LogP contribution in [0.2, 0.25) is 5.02 Å². The molecule has 0 bridgehead atoms. The van der Waals surface area contributed by atoms with Gasteiger partial charge in [-0.2, -0.15) is 0 Å². The van der Waals surface area contributed by atoms with Crippen LogP contribution in [0.4, 0.5) is 0 Å². The fourth-order valence-electron chi connectivity index (χ4n) is 1.98. The van der Waals surface area contributed by atoms with Crippen molar-refractivity contribution in [1.82, 2.24) is 0 Å². The summed E-state index contributed by atoms with van der Waals surface area (Å²) in [4.78, 5) is 11.8. The second-order valence-electron chi connectivity index (χ2n) is 5.31. The Bertz CT molecular complexity index is 448. The first-order valence-corrected chi connectivity index (χ1v) is 7.38. The molecule has 0 saturated heterocycles. The molecule has 0 saturated carbocycles. The third-order valence-corrected chi connectivity index (χ3v) is 3.24. The smallest absolute Gasteiger partial charge is 0.306 e. The van der Waals surface area contributed by atoms with Gasteiger partial charge in [-0.05, 0) is 18.9 Å². The molecule has 1 aromatic rings. The molecule has 118 valence electrons. The molecule has 2 atom stereocenters. The van der Waals surface area contributed by atoms with Crippen molar-refractivity contribution >= 4 is 17.6 Å². The fraction of sp³-hybridized carbons (Fsp3) is 0.562. The highest BCUT2D eigenvalue weighted by molar-refractivity contribution is 6.31. The molecule has 0 spiro atoms. The molecule has 0 heterocycles. The number of benzene rings is 1. The molecule has 0 aliphatic rings. The molecule has 0 N–H and O–H groups in total. The predicted molar refractivity (Wildman–Crippen MR) is 82.2 cm³/mol. The van der Waals surface area contributed by atoms with Crippen molar-refractivity contribution in [2.24, 2.45) is 5.92 Å². The van der Waals surface area contributed by atoms with Gasteiger partial charge >= 0.3 is 5.97 Å². The zero-order chi connectivity index (χ0) is 15.8. The van der Waals surface area contributed by atoms with Gasteiger partial charge in [-0.3, -0.25) is 4.79 Å². The lowest BCUT2D eigenvalue weighted by Gasteiger charge is -2.25. The van der Waals surface area contributed by atoms with Gasteiger partial charge < -0.3 is 14.2 Å². The van der Waals surface area contributed by atoms with Crippen LogP contribution in [0.5, 0.6) is 0 Å². The lowest BCUT2D eigenvalue weighted by Crippen LogP contribution is -2.26. The van der Waals surface area contributed by atoms with Crippen LogP contribution >= 0.6 is 11.6 Å². The summed E-state index contributed by atoms with van der Waals surface area (Å²) in [6.45, 7) is 5.83. The van der Waals surface area contributed by atoms with Crippen LogP contribution in [-0.2, 0) is 19.0 Å². The van der Waals surface area contributed by atoms with E-state index in [9.17, 15) is 4.79 Å². The summed E-state index contributed by atoms with van der Waals surface area (Å²) in [5.74, 6) is 0.0129. The van der Waals surface area contributed by atoms with Gasteiger partial charge in [0.25, 0.3) is 0 Å². The first kappa shape index (κ1) is 18.0. The summed E-state index contributed by atoms with van der Waals surface area (Å²) in [6.07, 6.45) is -0.537. The Kier molecular flexibility index (Phi) is 7.72. The Labute approximate surface area is 131 Å². The van der Waals surface area contributed by atoms with Crippen molar-refractivity contribution in [3.63, 3.8) is 0 Å². The van der Waals surface area contributed by atoms with Crippen molar-refractivity contribution in [2.45, 2.75) is 39.4 Å². The Morgan fingerprint density at radius 3 is 2.48 bits per heavy atom. The van der Waals surface area contributed by atoms with Gasteiger partial charge in [0.05, 0.1) is 0 Å². The van der Waals surface area contributed by atoms with Gasteiger partial charge in [-0.1, -0.05) is 43.6 Å². The maximum absolute atomic E-state index is 11.8. The first-order chi connectivity index (χ1) is 9.95. The van der Waals surface area contributed by atoms with E-state index in [4.69, 9.17) is 25.8 Å². The summed E-state index contributed by atoms with van der Waals surface area (Å²) in [6, 6.07) is 7.35. The molecule has 0 unspecified atom stereocenters. The largest absolute Gasteiger partial charge is 0.460 e. The topological polar surface area (TPSA) is 44.8 Å². The quantitative estimate of drug-likeness (QED) is 0.538. The Hall–Kier alpha value is -1.10. The highest BCUT2D eigenvalue weighted by Crippen LogP contribution is 2.29. The van der Waals surface area contributed by atoms with Crippen LogP contribution in [0.1, 0.15) is 38.9 Å². The van der Waals surface area contributed by atoms with Crippen molar-refractivity contribution < 1.29 is 19.0 Å². The highest BCUT2D eigenvalue weighted by Gasteiger charge is 2.25. The Morgan fingerprint density at radius 1 is 1.24 bits per heavy atom. The van der Waals surface area contributed by atoms with Gasteiger partial charge in [0.15, 0.2) is 0 Å². The standard InChI is InChI=1S/C16H23ClO4/c1-11(2)9-15(18)21-12(3)16(20-10-19-4)13-7-5-6-8-14(13)17/h5-8,11-12,16H,9-10H2,1-4H3/t12-,16+/m1/s1. The van der Waals surface area contributed by atoms with E-state index in [0.29, 0.717) is 11.4 Å². The van der Waals surface area contributed by atoms with Crippen LogP contribution < -0.4 is 0 Å². The van der Waals surface area contributed by atoms with E-state index in [-0.39, 0.29) is 18.7 Å². The highest BCUT2D eigenvalue weighted by atomic mass is 35.5. The van der Waals surface area contributed by atoms with Crippen molar-refractivity contribution in [2.75, 3.05) is 13.9 Å². The average molecular weight is 315 g/mol. The average Bonchev–Trinajstić information content (AvgIpc) is 2.40. The third kappa shape index (κ3) is 6.04. The second kappa shape index (κ2) is 9.03. The lowest BCUT2D eigenvalue weighted by molar-refractivity contribution is -0.164. The molecule has 4 nitrogen and oxygen atoms in total. The first-order valence-electron chi connectivity index (χ1n) is 7.00. The molecule has 0 fully saturated rings. The summed E-state index contributed by atoms with van der Waals surface area (Å²) in [5.41, 5.74) is 0.779. The van der Waals surface area contributed by atoms with Crippen molar-refractivity contribution in [3.05, 3.63) is 34.9 Å². The van der Waals surface area contributed by atoms with E-state index in [1.54, 1.807) is 20.1 Å². The number of carbonyl (C=O) groups is 1. The van der Waals surface area contributed by atoms with Crippen LogP contribution in [-0.4, -0.2) is 26.0 Å². The predicted octanol–water partition coefficient (Wildman–Crippen LogP) is 3.98. The molecule has 5 heteroatoms. The normalized spacial score (nSPS) is 14.0. The SMILES string of the molecule is COCO[C@H](c1ccccc1Cl)[C@@H](C)OC(=O)CC(C)C. The molecule has 1 aromatic carbocycles. The van der Waals surface area contributed by atoms with Gasteiger partial charge in [-0.15, -0.1) is 0 Å². The van der Waals surface area contributed by atoms with Crippen LogP contribution in [0.25, 0.3) is 0 Å². The second-order valence-corrected chi connectivity index (χ2v) is 5.72. The molecule has 0 aliphatic carbocycles. The minimum atomic E-state index is -0.463. The summed E-state index contributed by atoms with van der Waals surface area (Å²) < 4.78 is 16.0. The maximum atomic E-state index is 11.8. The monoisotopic (exact) mass is 314 g/mol. The number of rotatable bonds is 8. The van der Waals surface area contributed by atoms with Crippen LogP contribution in [0.3, 0.4) is 0 Å². The molecule has 0 aromatic heterocycles. The zero-order valence-electron chi connectivity index (χ0n) is 13.0. The molecule has 0 amide bonds. The molecule has 1 rings (SSSR count). The summed E-state index contributed by atoms with van der Waals surface area (Å²) in [5, 5.41) is 0.574. The number of esters is 1. The Morgan fingerprint density at radius 2 is 1.90 bits per heavy atom. The number of methoxy groups -OCH3 is 1. The van der Waals surface area contributed by atoms with Crippen molar-refractivity contribution in [3.8, 4) is 0 Å². The van der Waals surface area contributed by atoms with E-state index in [2.05, 4.69) is 0 Å².